The average molecular weight is 310 g/mol. The van der Waals surface area contributed by atoms with Crippen LogP contribution in [0.15, 0.2) is 34.9 Å². The lowest BCUT2D eigenvalue weighted by molar-refractivity contribution is 0.414. The third kappa shape index (κ3) is 2.91. The van der Waals surface area contributed by atoms with Crippen LogP contribution < -0.4 is 10.1 Å². The van der Waals surface area contributed by atoms with Crippen molar-refractivity contribution in [2.45, 2.75) is 6.42 Å². The Morgan fingerprint density at radius 2 is 2.06 bits per heavy atom. The van der Waals surface area contributed by atoms with Gasteiger partial charge in [0.2, 0.25) is 0 Å². The van der Waals surface area contributed by atoms with E-state index in [9.17, 15) is 0 Å². The number of ether oxygens (including phenoxy) is 1. The first-order chi connectivity index (χ1) is 8.74. The number of likely N-dealkylation sites (N-methyl/N-ethyl adjacent to an activating group) is 1. The van der Waals surface area contributed by atoms with Crippen LogP contribution in [0.25, 0.3) is 5.69 Å². The first-order valence-corrected chi connectivity index (χ1v) is 6.57. The highest BCUT2D eigenvalue weighted by Crippen LogP contribution is 2.20. The third-order valence-corrected chi connectivity index (χ3v) is 3.35. The van der Waals surface area contributed by atoms with Crippen molar-refractivity contribution in [3.05, 3.63) is 40.6 Å². The van der Waals surface area contributed by atoms with Gasteiger partial charge in [-0.1, -0.05) is 0 Å². The van der Waals surface area contributed by atoms with Gasteiger partial charge < -0.3 is 10.1 Å². The lowest BCUT2D eigenvalue weighted by Gasteiger charge is -2.03. The second kappa shape index (κ2) is 6.02. The smallest absolute Gasteiger partial charge is 0.119 e. The molecule has 1 heterocycles. The molecule has 1 aromatic heterocycles. The van der Waals surface area contributed by atoms with Gasteiger partial charge in [0.15, 0.2) is 0 Å². The van der Waals surface area contributed by atoms with E-state index in [1.165, 1.54) is 0 Å². The number of halogens is 1. The quantitative estimate of drug-likeness (QED) is 0.922. The highest BCUT2D eigenvalue weighted by molar-refractivity contribution is 9.10. The van der Waals surface area contributed by atoms with Crippen molar-refractivity contribution in [1.82, 2.24) is 15.1 Å². The average Bonchev–Trinajstić information content (AvgIpc) is 2.78. The second-order valence-electron chi connectivity index (χ2n) is 3.92. The Bertz CT molecular complexity index is 507. The molecule has 0 unspecified atom stereocenters. The summed E-state index contributed by atoms with van der Waals surface area (Å²) >= 11 is 3.54. The molecule has 5 heteroatoms. The molecule has 0 spiro atoms. The standard InChI is InChI=1S/C13H16BrN3O/c1-15-8-7-13-12(14)9-17(16-13)10-3-5-11(18-2)6-4-10/h3-6,9,15H,7-8H2,1-2H3. The molecule has 2 aromatic rings. The molecule has 0 saturated carbocycles. The Hall–Kier alpha value is -1.33. The van der Waals surface area contributed by atoms with Crippen molar-refractivity contribution >= 4 is 15.9 Å². The maximum Gasteiger partial charge on any atom is 0.119 e. The molecule has 0 aliphatic rings. The van der Waals surface area contributed by atoms with E-state index in [1.54, 1.807) is 7.11 Å². The number of aromatic nitrogens is 2. The number of nitrogens with zero attached hydrogens (tertiary/aromatic N) is 2. The molecule has 0 aliphatic carbocycles. The molecular formula is C13H16BrN3O. The van der Waals surface area contributed by atoms with Crippen LogP contribution in [-0.2, 0) is 6.42 Å². The molecule has 1 N–H and O–H groups in total. The summed E-state index contributed by atoms with van der Waals surface area (Å²) in [5, 5.41) is 7.68. The second-order valence-corrected chi connectivity index (χ2v) is 4.77. The fourth-order valence-corrected chi connectivity index (χ4v) is 2.14. The number of nitrogens with one attached hydrogen (secondary N) is 1. The first-order valence-electron chi connectivity index (χ1n) is 5.77. The minimum atomic E-state index is 0.848. The third-order valence-electron chi connectivity index (χ3n) is 2.69. The Morgan fingerprint density at radius 3 is 2.67 bits per heavy atom. The van der Waals surface area contributed by atoms with E-state index in [0.29, 0.717) is 0 Å². The number of methoxy groups -OCH3 is 1. The van der Waals surface area contributed by atoms with E-state index in [0.717, 1.165) is 34.6 Å². The van der Waals surface area contributed by atoms with Crippen molar-refractivity contribution < 1.29 is 4.74 Å². The molecule has 18 heavy (non-hydrogen) atoms. The van der Waals surface area contributed by atoms with Gasteiger partial charge in [-0.2, -0.15) is 5.10 Å². The lowest BCUT2D eigenvalue weighted by Crippen LogP contribution is -2.11. The largest absolute Gasteiger partial charge is 0.497 e. The van der Waals surface area contributed by atoms with Crippen molar-refractivity contribution in [2.24, 2.45) is 0 Å². The predicted molar refractivity (Wildman–Crippen MR) is 75.4 cm³/mol. The van der Waals surface area contributed by atoms with E-state index in [-0.39, 0.29) is 0 Å². The van der Waals surface area contributed by atoms with E-state index < -0.39 is 0 Å². The van der Waals surface area contributed by atoms with Crippen molar-refractivity contribution in [2.75, 3.05) is 20.7 Å². The van der Waals surface area contributed by atoms with Crippen LogP contribution in [0.5, 0.6) is 5.75 Å². The number of rotatable bonds is 5. The van der Waals surface area contributed by atoms with Crippen LogP contribution in [0.1, 0.15) is 5.69 Å². The van der Waals surface area contributed by atoms with Gasteiger partial charge in [0.25, 0.3) is 0 Å². The fourth-order valence-electron chi connectivity index (χ4n) is 1.67. The van der Waals surface area contributed by atoms with E-state index in [1.807, 2.05) is 42.2 Å². The van der Waals surface area contributed by atoms with Crippen molar-refractivity contribution in [3.8, 4) is 11.4 Å². The molecule has 2 rings (SSSR count). The molecular weight excluding hydrogens is 294 g/mol. The van der Waals surface area contributed by atoms with Gasteiger partial charge in [0, 0.05) is 19.2 Å². The number of hydrogen-bond donors (Lipinski definition) is 1. The lowest BCUT2D eigenvalue weighted by atomic mass is 10.3. The minimum absolute atomic E-state index is 0.848. The van der Waals surface area contributed by atoms with Crippen LogP contribution in [0, 0.1) is 0 Å². The fraction of sp³-hybridized carbons (Fsp3) is 0.308. The minimum Gasteiger partial charge on any atom is -0.497 e. The Kier molecular flexibility index (Phi) is 4.38. The summed E-state index contributed by atoms with van der Waals surface area (Å²) in [7, 11) is 3.60. The Morgan fingerprint density at radius 1 is 1.33 bits per heavy atom. The highest BCUT2D eigenvalue weighted by Gasteiger charge is 2.07. The van der Waals surface area contributed by atoms with Crippen LogP contribution in [0.3, 0.4) is 0 Å². The van der Waals surface area contributed by atoms with Crippen molar-refractivity contribution in [3.63, 3.8) is 0 Å². The van der Waals surface area contributed by atoms with Gasteiger partial charge in [-0.3, -0.25) is 0 Å². The Labute approximate surface area is 115 Å². The molecule has 4 nitrogen and oxygen atoms in total. The summed E-state index contributed by atoms with van der Waals surface area (Å²) in [6.07, 6.45) is 2.88. The number of benzene rings is 1. The molecule has 0 radical (unpaired) electrons. The maximum atomic E-state index is 5.14. The summed E-state index contributed by atoms with van der Waals surface area (Å²) in [6, 6.07) is 7.83. The van der Waals surface area contributed by atoms with Gasteiger partial charge in [-0.15, -0.1) is 0 Å². The van der Waals surface area contributed by atoms with Gasteiger partial charge in [-0.25, -0.2) is 4.68 Å². The van der Waals surface area contributed by atoms with Gasteiger partial charge in [0.05, 0.1) is 23.0 Å². The normalized spacial score (nSPS) is 10.6. The predicted octanol–water partition coefficient (Wildman–Crippen LogP) is 2.41. The van der Waals surface area contributed by atoms with E-state index in [2.05, 4.69) is 26.3 Å². The zero-order valence-corrected chi connectivity index (χ0v) is 12.1. The molecule has 0 bridgehead atoms. The summed E-state index contributed by atoms with van der Waals surface area (Å²) in [6.45, 7) is 0.915. The van der Waals surface area contributed by atoms with Gasteiger partial charge >= 0.3 is 0 Å². The topological polar surface area (TPSA) is 39.1 Å². The SMILES string of the molecule is CNCCc1nn(-c2ccc(OC)cc2)cc1Br. The van der Waals surface area contributed by atoms with Crippen LogP contribution in [0.4, 0.5) is 0 Å². The summed E-state index contributed by atoms with van der Waals surface area (Å²) in [5.41, 5.74) is 2.08. The summed E-state index contributed by atoms with van der Waals surface area (Å²) in [4.78, 5) is 0. The molecule has 0 fully saturated rings. The molecule has 0 amide bonds. The molecule has 0 atom stereocenters. The zero-order chi connectivity index (χ0) is 13.0. The van der Waals surface area contributed by atoms with Crippen molar-refractivity contribution in [1.29, 1.82) is 0 Å². The van der Waals surface area contributed by atoms with Crippen LogP contribution in [-0.4, -0.2) is 30.5 Å². The van der Waals surface area contributed by atoms with Crippen LogP contribution >= 0.6 is 15.9 Å². The number of hydrogen-bond acceptors (Lipinski definition) is 3. The molecule has 0 saturated heterocycles. The molecule has 96 valence electrons. The Balaban J connectivity index is 2.21. The first kappa shape index (κ1) is 13.1. The zero-order valence-electron chi connectivity index (χ0n) is 10.5. The molecule has 0 aliphatic heterocycles. The van der Waals surface area contributed by atoms with E-state index >= 15 is 0 Å². The van der Waals surface area contributed by atoms with E-state index in [4.69, 9.17) is 4.74 Å². The molecule has 1 aromatic carbocycles. The van der Waals surface area contributed by atoms with Gasteiger partial charge in [-0.05, 0) is 47.2 Å². The monoisotopic (exact) mass is 309 g/mol. The maximum absolute atomic E-state index is 5.14. The summed E-state index contributed by atoms with van der Waals surface area (Å²) in [5.74, 6) is 0.848. The summed E-state index contributed by atoms with van der Waals surface area (Å²) < 4.78 is 8.05. The van der Waals surface area contributed by atoms with Crippen LogP contribution in [0.2, 0.25) is 0 Å². The van der Waals surface area contributed by atoms with Gasteiger partial charge in [0.1, 0.15) is 5.75 Å². The highest BCUT2D eigenvalue weighted by atomic mass is 79.9.